The molecule has 0 heterocycles. The third kappa shape index (κ3) is 7.28. The molecule has 1 N–H and O–H groups in total. The van der Waals surface area contributed by atoms with Crippen molar-refractivity contribution in [1.29, 1.82) is 5.26 Å². The van der Waals surface area contributed by atoms with E-state index >= 15 is 0 Å². The molecule has 6 heteroatoms. The van der Waals surface area contributed by atoms with Crippen LogP contribution in [0.4, 0.5) is 0 Å². The quantitative estimate of drug-likeness (QED) is 0.617. The zero-order chi connectivity index (χ0) is 19.3. The monoisotopic (exact) mass is 368 g/mol. The number of carbonyl (C=O) groups is 1. The number of benzene rings is 2. The maximum absolute atomic E-state index is 11.2. The van der Waals surface area contributed by atoms with E-state index in [9.17, 15) is 4.79 Å². The van der Waals surface area contributed by atoms with Crippen LogP contribution in [0.25, 0.3) is 0 Å². The summed E-state index contributed by atoms with van der Waals surface area (Å²) in [6, 6.07) is 17.1. The first-order valence-corrected chi connectivity index (χ1v) is 8.93. The van der Waals surface area contributed by atoms with E-state index in [0.717, 1.165) is 17.1 Å². The van der Waals surface area contributed by atoms with Crippen LogP contribution in [0.1, 0.15) is 18.9 Å². The van der Waals surface area contributed by atoms with Gasteiger partial charge in [-0.05, 0) is 43.2 Å². The Bertz CT molecular complexity index is 754. The minimum Gasteiger partial charge on any atom is -0.490 e. The van der Waals surface area contributed by atoms with Crippen LogP contribution in [0.15, 0.2) is 48.5 Å². The lowest BCUT2D eigenvalue weighted by atomic mass is 10.1. The van der Waals surface area contributed by atoms with E-state index in [1.54, 1.807) is 0 Å². The third-order valence-corrected chi connectivity index (χ3v) is 3.66. The van der Waals surface area contributed by atoms with Crippen molar-refractivity contribution in [2.45, 2.75) is 19.8 Å². The highest BCUT2D eigenvalue weighted by Gasteiger charge is 2.04. The van der Waals surface area contributed by atoms with Gasteiger partial charge in [-0.25, -0.2) is 0 Å². The predicted octanol–water partition coefficient (Wildman–Crippen LogP) is 3.12. The van der Waals surface area contributed by atoms with Gasteiger partial charge in [0.2, 0.25) is 5.91 Å². The summed E-state index contributed by atoms with van der Waals surface area (Å²) in [5.41, 5.74) is 1.08. The van der Waals surface area contributed by atoms with Crippen molar-refractivity contribution in [3.63, 3.8) is 0 Å². The molecule has 0 radical (unpaired) electrons. The standard InChI is InChI=1S/C21H24N2O4/c1-2-25-19-5-3-4-6-20(19)27-16-15-26-18-9-7-17(8-10-18)12-14-23-21(24)11-13-22/h3-10H,2,11-12,14-16H2,1H3,(H,23,24). The average Bonchev–Trinajstić information content (AvgIpc) is 2.68. The Hall–Kier alpha value is -3.20. The van der Waals surface area contributed by atoms with Crippen LogP contribution in [0.5, 0.6) is 17.2 Å². The topological polar surface area (TPSA) is 80.6 Å². The van der Waals surface area contributed by atoms with Crippen LogP contribution in [0.2, 0.25) is 0 Å². The zero-order valence-corrected chi connectivity index (χ0v) is 15.4. The second-order valence-corrected chi connectivity index (χ2v) is 5.66. The molecule has 0 saturated heterocycles. The number of nitrogens with one attached hydrogen (secondary N) is 1. The molecule has 0 aromatic heterocycles. The van der Waals surface area contributed by atoms with Crippen LogP contribution in [-0.2, 0) is 11.2 Å². The van der Waals surface area contributed by atoms with E-state index in [-0.39, 0.29) is 12.3 Å². The number of hydrogen-bond donors (Lipinski definition) is 1. The molecule has 0 bridgehead atoms. The van der Waals surface area contributed by atoms with E-state index < -0.39 is 0 Å². The lowest BCUT2D eigenvalue weighted by molar-refractivity contribution is -0.120. The van der Waals surface area contributed by atoms with Crippen molar-refractivity contribution in [1.82, 2.24) is 5.32 Å². The number of ether oxygens (including phenoxy) is 3. The highest BCUT2D eigenvalue weighted by atomic mass is 16.5. The summed E-state index contributed by atoms with van der Waals surface area (Å²) in [6.07, 6.45) is 0.596. The molecule has 2 rings (SSSR count). The first-order valence-electron chi connectivity index (χ1n) is 8.93. The largest absolute Gasteiger partial charge is 0.490 e. The second-order valence-electron chi connectivity index (χ2n) is 5.66. The van der Waals surface area contributed by atoms with Crippen molar-refractivity contribution in [2.24, 2.45) is 0 Å². The maximum atomic E-state index is 11.2. The summed E-state index contributed by atoms with van der Waals surface area (Å²) in [5.74, 6) is 1.94. The van der Waals surface area contributed by atoms with Gasteiger partial charge in [-0.15, -0.1) is 0 Å². The summed E-state index contributed by atoms with van der Waals surface area (Å²) in [7, 11) is 0. The molecule has 1 amide bonds. The fourth-order valence-corrected chi connectivity index (χ4v) is 2.39. The SMILES string of the molecule is CCOc1ccccc1OCCOc1ccc(CCNC(=O)CC#N)cc1. The van der Waals surface area contributed by atoms with E-state index in [1.807, 2.05) is 61.5 Å². The lowest BCUT2D eigenvalue weighted by Crippen LogP contribution is -2.24. The molecule has 6 nitrogen and oxygen atoms in total. The normalized spacial score (nSPS) is 9.93. The summed E-state index contributed by atoms with van der Waals surface area (Å²) in [6.45, 7) is 3.86. The second kappa shape index (κ2) is 11.4. The molecule has 0 aliphatic carbocycles. The molecule has 27 heavy (non-hydrogen) atoms. The van der Waals surface area contributed by atoms with E-state index in [2.05, 4.69) is 5.32 Å². The Balaban J connectivity index is 1.70. The summed E-state index contributed by atoms with van der Waals surface area (Å²) in [5, 5.41) is 11.1. The molecule has 2 aromatic carbocycles. The summed E-state index contributed by atoms with van der Waals surface area (Å²) >= 11 is 0. The number of rotatable bonds is 11. The number of nitrogens with zero attached hydrogens (tertiary/aromatic N) is 1. The zero-order valence-electron chi connectivity index (χ0n) is 15.4. The van der Waals surface area contributed by atoms with Gasteiger partial charge in [0, 0.05) is 6.54 Å². The van der Waals surface area contributed by atoms with Crippen LogP contribution in [0, 0.1) is 11.3 Å². The number of carbonyl (C=O) groups excluding carboxylic acids is 1. The van der Waals surface area contributed by atoms with Gasteiger partial charge in [-0.3, -0.25) is 4.79 Å². The molecular weight excluding hydrogens is 344 g/mol. The molecule has 0 atom stereocenters. The van der Waals surface area contributed by atoms with Crippen molar-refractivity contribution >= 4 is 5.91 Å². The van der Waals surface area contributed by atoms with Crippen LogP contribution >= 0.6 is 0 Å². The Morgan fingerprint density at radius 3 is 2.33 bits per heavy atom. The first-order chi connectivity index (χ1) is 13.2. The molecule has 0 unspecified atom stereocenters. The smallest absolute Gasteiger partial charge is 0.234 e. The minimum atomic E-state index is -0.247. The Morgan fingerprint density at radius 1 is 1.00 bits per heavy atom. The van der Waals surface area contributed by atoms with Gasteiger partial charge in [-0.2, -0.15) is 5.26 Å². The van der Waals surface area contributed by atoms with Gasteiger partial charge in [0.1, 0.15) is 25.4 Å². The van der Waals surface area contributed by atoms with Crippen LogP contribution < -0.4 is 19.5 Å². The van der Waals surface area contributed by atoms with Gasteiger partial charge in [0.25, 0.3) is 0 Å². The molecule has 0 spiro atoms. The van der Waals surface area contributed by atoms with E-state index in [1.165, 1.54) is 0 Å². The molecule has 0 saturated carbocycles. The van der Waals surface area contributed by atoms with E-state index in [0.29, 0.717) is 38.5 Å². The predicted molar refractivity (Wildman–Crippen MR) is 102 cm³/mol. The van der Waals surface area contributed by atoms with Crippen molar-refractivity contribution in [3.8, 4) is 23.3 Å². The third-order valence-electron chi connectivity index (χ3n) is 3.66. The minimum absolute atomic E-state index is 0.107. The van der Waals surface area contributed by atoms with Crippen molar-refractivity contribution < 1.29 is 19.0 Å². The Labute approximate surface area is 159 Å². The van der Waals surface area contributed by atoms with Gasteiger partial charge >= 0.3 is 0 Å². The molecule has 2 aromatic rings. The van der Waals surface area contributed by atoms with Gasteiger partial charge in [0.05, 0.1) is 12.7 Å². The first kappa shape index (κ1) is 20.1. The Morgan fingerprint density at radius 2 is 1.67 bits per heavy atom. The number of amides is 1. The van der Waals surface area contributed by atoms with Gasteiger partial charge in [-0.1, -0.05) is 24.3 Å². The highest BCUT2D eigenvalue weighted by molar-refractivity contribution is 5.77. The molecule has 142 valence electrons. The molecule has 0 aliphatic rings. The maximum Gasteiger partial charge on any atom is 0.234 e. The summed E-state index contributed by atoms with van der Waals surface area (Å²) < 4.78 is 16.9. The average molecular weight is 368 g/mol. The molecular formula is C21H24N2O4. The van der Waals surface area contributed by atoms with Gasteiger partial charge < -0.3 is 19.5 Å². The van der Waals surface area contributed by atoms with Crippen molar-refractivity contribution in [3.05, 3.63) is 54.1 Å². The number of hydrogen-bond acceptors (Lipinski definition) is 5. The number of nitriles is 1. The fourth-order valence-electron chi connectivity index (χ4n) is 2.39. The van der Waals surface area contributed by atoms with Gasteiger partial charge in [0.15, 0.2) is 11.5 Å². The molecule has 0 fully saturated rings. The van der Waals surface area contributed by atoms with E-state index in [4.69, 9.17) is 19.5 Å². The number of para-hydroxylation sites is 2. The molecule has 0 aliphatic heterocycles. The van der Waals surface area contributed by atoms with Crippen LogP contribution in [0.3, 0.4) is 0 Å². The Kier molecular flexibility index (Phi) is 8.51. The van der Waals surface area contributed by atoms with Crippen LogP contribution in [-0.4, -0.2) is 32.3 Å². The fraction of sp³-hybridized carbons (Fsp3) is 0.333. The van der Waals surface area contributed by atoms with Crippen molar-refractivity contribution in [2.75, 3.05) is 26.4 Å². The highest BCUT2D eigenvalue weighted by Crippen LogP contribution is 2.26. The lowest BCUT2D eigenvalue weighted by Gasteiger charge is -2.12. The summed E-state index contributed by atoms with van der Waals surface area (Å²) in [4.78, 5) is 11.2.